The Hall–Kier alpha value is -1.93. The lowest BCUT2D eigenvalue weighted by Gasteiger charge is -2.36. The van der Waals surface area contributed by atoms with E-state index in [0.717, 1.165) is 32.2 Å². The molecule has 2 heterocycles. The number of nitrogens with one attached hydrogen (secondary N) is 2. The summed E-state index contributed by atoms with van der Waals surface area (Å²) in [6.45, 7) is 3.38. The van der Waals surface area contributed by atoms with Crippen LogP contribution in [0, 0.1) is 0 Å². The molecule has 0 unspecified atom stereocenters. The minimum atomic E-state index is -0.627. The minimum Gasteiger partial charge on any atom is -0.388 e. The second-order valence-corrected chi connectivity index (χ2v) is 6.54. The van der Waals surface area contributed by atoms with Gasteiger partial charge in [0.1, 0.15) is 17.4 Å². The summed E-state index contributed by atoms with van der Waals surface area (Å²) in [5.41, 5.74) is 0.725. The number of fused-ring (bicyclic) bond motifs is 1. The van der Waals surface area contributed by atoms with Crippen LogP contribution in [0.15, 0.2) is 6.33 Å². The zero-order valence-electron chi connectivity index (χ0n) is 14.9. The van der Waals surface area contributed by atoms with Crippen LogP contribution in [0.2, 0.25) is 0 Å². The molecule has 2 aromatic heterocycles. The smallest absolute Gasteiger partial charge is 0.227 e. The molecular formula is C16H26ClN7O. The minimum absolute atomic E-state index is 0. The predicted molar refractivity (Wildman–Crippen MR) is 103 cm³/mol. The summed E-state index contributed by atoms with van der Waals surface area (Å²) >= 11 is 0. The second kappa shape index (κ2) is 7.97. The first kappa shape index (κ1) is 19.4. The van der Waals surface area contributed by atoms with Crippen molar-refractivity contribution in [2.45, 2.75) is 38.2 Å². The Kier molecular flexibility index (Phi) is 6.18. The number of nitrogens with zero attached hydrogens (tertiary/aromatic N) is 5. The highest BCUT2D eigenvalue weighted by atomic mass is 35.5. The molecule has 0 radical (unpaired) electrons. The summed E-state index contributed by atoms with van der Waals surface area (Å²) in [4.78, 5) is 19.7. The van der Waals surface area contributed by atoms with Crippen molar-refractivity contribution in [3.63, 3.8) is 0 Å². The second-order valence-electron chi connectivity index (χ2n) is 6.54. The van der Waals surface area contributed by atoms with E-state index in [0.29, 0.717) is 35.2 Å². The SMILES string of the molecule is CCCNc1nc(N(C)C)nc2c(NCC3(O)CCC3)ncnc12.Cl. The van der Waals surface area contributed by atoms with E-state index >= 15 is 0 Å². The molecule has 3 rings (SSSR count). The number of hydrogen-bond acceptors (Lipinski definition) is 8. The van der Waals surface area contributed by atoms with Crippen LogP contribution in [0.4, 0.5) is 17.6 Å². The summed E-state index contributed by atoms with van der Waals surface area (Å²) in [5, 5.41) is 16.8. The van der Waals surface area contributed by atoms with Crippen LogP contribution in [0.3, 0.4) is 0 Å². The lowest BCUT2D eigenvalue weighted by Crippen LogP contribution is -2.43. The highest BCUT2D eigenvalue weighted by Crippen LogP contribution is 2.32. The van der Waals surface area contributed by atoms with Crippen molar-refractivity contribution in [2.75, 3.05) is 42.7 Å². The van der Waals surface area contributed by atoms with E-state index in [9.17, 15) is 5.11 Å². The van der Waals surface area contributed by atoms with Gasteiger partial charge in [-0.2, -0.15) is 4.98 Å². The fraction of sp³-hybridized carbons (Fsp3) is 0.625. The Balaban J connectivity index is 0.00000225. The Morgan fingerprint density at radius 2 is 1.88 bits per heavy atom. The van der Waals surface area contributed by atoms with Gasteiger partial charge in [0, 0.05) is 27.2 Å². The van der Waals surface area contributed by atoms with Crippen LogP contribution in [0.5, 0.6) is 0 Å². The molecule has 0 amide bonds. The number of anilines is 3. The maximum atomic E-state index is 10.3. The number of hydrogen-bond donors (Lipinski definition) is 3. The number of aromatic nitrogens is 4. The van der Waals surface area contributed by atoms with E-state index in [1.165, 1.54) is 6.33 Å². The summed E-state index contributed by atoms with van der Waals surface area (Å²) in [7, 11) is 3.80. The van der Waals surface area contributed by atoms with Gasteiger partial charge in [0.05, 0.1) is 5.60 Å². The number of halogens is 1. The van der Waals surface area contributed by atoms with Crippen LogP contribution >= 0.6 is 12.4 Å². The fourth-order valence-electron chi connectivity index (χ4n) is 2.64. The third kappa shape index (κ3) is 4.19. The van der Waals surface area contributed by atoms with Gasteiger partial charge in [-0.3, -0.25) is 0 Å². The van der Waals surface area contributed by atoms with Crippen LogP contribution in [0.1, 0.15) is 32.6 Å². The molecule has 0 atom stereocenters. The van der Waals surface area contributed by atoms with E-state index in [4.69, 9.17) is 0 Å². The predicted octanol–water partition coefficient (Wildman–Crippen LogP) is 2.06. The number of rotatable bonds is 7. The lowest BCUT2D eigenvalue weighted by molar-refractivity contribution is -0.0202. The quantitative estimate of drug-likeness (QED) is 0.683. The van der Waals surface area contributed by atoms with Gasteiger partial charge < -0.3 is 20.6 Å². The van der Waals surface area contributed by atoms with E-state index in [-0.39, 0.29) is 12.4 Å². The zero-order valence-corrected chi connectivity index (χ0v) is 15.7. The lowest BCUT2D eigenvalue weighted by atomic mass is 9.80. The first-order valence-corrected chi connectivity index (χ1v) is 8.42. The van der Waals surface area contributed by atoms with Crippen molar-refractivity contribution < 1.29 is 5.11 Å². The Morgan fingerprint density at radius 1 is 1.12 bits per heavy atom. The molecular weight excluding hydrogens is 342 g/mol. The van der Waals surface area contributed by atoms with Crippen LogP contribution < -0.4 is 15.5 Å². The Labute approximate surface area is 153 Å². The third-order valence-corrected chi connectivity index (χ3v) is 4.28. The van der Waals surface area contributed by atoms with Crippen LogP contribution in [-0.2, 0) is 0 Å². The van der Waals surface area contributed by atoms with Crippen molar-refractivity contribution in [1.82, 2.24) is 19.9 Å². The Morgan fingerprint density at radius 3 is 2.48 bits per heavy atom. The van der Waals surface area contributed by atoms with Crippen molar-refractivity contribution in [3.05, 3.63) is 6.33 Å². The maximum Gasteiger partial charge on any atom is 0.227 e. The molecule has 0 saturated heterocycles. The van der Waals surface area contributed by atoms with Gasteiger partial charge in [0.15, 0.2) is 11.6 Å². The van der Waals surface area contributed by atoms with Gasteiger partial charge >= 0.3 is 0 Å². The monoisotopic (exact) mass is 367 g/mol. The molecule has 1 aliphatic carbocycles. The summed E-state index contributed by atoms with van der Waals surface area (Å²) in [5.74, 6) is 1.94. The summed E-state index contributed by atoms with van der Waals surface area (Å²) < 4.78 is 0. The molecule has 1 saturated carbocycles. The largest absolute Gasteiger partial charge is 0.388 e. The van der Waals surface area contributed by atoms with Gasteiger partial charge in [0.25, 0.3) is 0 Å². The molecule has 0 aliphatic heterocycles. The van der Waals surface area contributed by atoms with Gasteiger partial charge in [-0.1, -0.05) is 6.92 Å². The molecule has 1 fully saturated rings. The van der Waals surface area contributed by atoms with Crippen molar-refractivity contribution in [1.29, 1.82) is 0 Å². The third-order valence-electron chi connectivity index (χ3n) is 4.28. The normalized spacial score (nSPS) is 15.2. The van der Waals surface area contributed by atoms with Crippen molar-refractivity contribution >= 4 is 41.0 Å². The first-order valence-electron chi connectivity index (χ1n) is 8.42. The maximum absolute atomic E-state index is 10.3. The Bertz CT molecular complexity index is 721. The highest BCUT2D eigenvalue weighted by molar-refractivity contribution is 5.93. The molecule has 138 valence electrons. The van der Waals surface area contributed by atoms with Crippen LogP contribution in [-0.4, -0.2) is 57.8 Å². The van der Waals surface area contributed by atoms with Gasteiger partial charge in [-0.15, -0.1) is 12.4 Å². The molecule has 0 aromatic carbocycles. The van der Waals surface area contributed by atoms with Gasteiger partial charge in [-0.05, 0) is 25.7 Å². The molecule has 3 N–H and O–H groups in total. The van der Waals surface area contributed by atoms with Gasteiger partial charge in [0.2, 0.25) is 5.95 Å². The standard InChI is InChI=1S/C16H25N7O.ClH/c1-4-8-17-14-11-12(21-15(22-14)23(2)3)13(20-10-19-11)18-9-16(24)6-5-7-16;/h10,24H,4-9H2,1-3H3,(H,17,21,22)(H,18,19,20);1H. The van der Waals surface area contributed by atoms with E-state index in [1.54, 1.807) is 0 Å². The highest BCUT2D eigenvalue weighted by Gasteiger charge is 2.34. The van der Waals surface area contributed by atoms with E-state index < -0.39 is 5.60 Å². The van der Waals surface area contributed by atoms with Crippen LogP contribution in [0.25, 0.3) is 11.0 Å². The number of aliphatic hydroxyl groups is 1. The molecule has 1 aliphatic rings. The molecule has 0 spiro atoms. The molecule has 8 nitrogen and oxygen atoms in total. The van der Waals surface area contributed by atoms with E-state index in [2.05, 4.69) is 37.5 Å². The summed E-state index contributed by atoms with van der Waals surface area (Å²) in [6, 6.07) is 0. The molecule has 25 heavy (non-hydrogen) atoms. The first-order chi connectivity index (χ1) is 11.5. The van der Waals surface area contributed by atoms with Crippen molar-refractivity contribution in [3.8, 4) is 0 Å². The van der Waals surface area contributed by atoms with E-state index in [1.807, 2.05) is 19.0 Å². The molecule has 9 heteroatoms. The molecule has 0 bridgehead atoms. The topological polar surface area (TPSA) is 99.1 Å². The van der Waals surface area contributed by atoms with Crippen molar-refractivity contribution in [2.24, 2.45) is 0 Å². The zero-order chi connectivity index (χ0) is 17.2. The molecule has 2 aromatic rings. The average Bonchev–Trinajstić information content (AvgIpc) is 2.55. The van der Waals surface area contributed by atoms with Gasteiger partial charge in [-0.25, -0.2) is 15.0 Å². The average molecular weight is 368 g/mol. The summed E-state index contributed by atoms with van der Waals surface area (Å²) in [6.07, 6.45) is 5.21. The fourth-order valence-corrected chi connectivity index (χ4v) is 2.64.